The number of nitrogens with one attached hydrogen (secondary N) is 1. The van der Waals surface area contributed by atoms with Crippen molar-refractivity contribution in [2.24, 2.45) is 0 Å². The zero-order valence-electron chi connectivity index (χ0n) is 20.3. The lowest BCUT2D eigenvalue weighted by atomic mass is 9.96. The summed E-state index contributed by atoms with van der Waals surface area (Å²) < 4.78 is 2.34. The molecule has 4 aromatic rings. The van der Waals surface area contributed by atoms with Gasteiger partial charge in [-0.25, -0.2) is 0 Å². The number of aryl methyl sites for hydroxylation is 4. The molecule has 0 amide bonds. The largest absolute Gasteiger partial charge is 0.351 e. The van der Waals surface area contributed by atoms with E-state index in [2.05, 4.69) is 104 Å². The molecular weight excluding hydrogens is 436 g/mol. The van der Waals surface area contributed by atoms with Gasteiger partial charge in [-0.2, -0.15) is 0 Å². The molecule has 5 heteroatoms. The fourth-order valence-electron chi connectivity index (χ4n) is 5.00. The number of anilines is 1. The van der Waals surface area contributed by atoms with E-state index in [1.54, 1.807) is 0 Å². The fourth-order valence-corrected chi connectivity index (χ4v) is 5.35. The highest BCUT2D eigenvalue weighted by Gasteiger charge is 2.42. The summed E-state index contributed by atoms with van der Waals surface area (Å²) in [6.07, 6.45) is 1.85. The van der Waals surface area contributed by atoms with E-state index >= 15 is 0 Å². The average molecular weight is 467 g/mol. The predicted octanol–water partition coefficient (Wildman–Crippen LogP) is 6.59. The number of thiocarbonyl (C=S) groups is 1. The summed E-state index contributed by atoms with van der Waals surface area (Å²) in [6, 6.07) is 23.6. The van der Waals surface area contributed by atoms with Gasteiger partial charge < -0.3 is 14.8 Å². The maximum absolute atomic E-state index is 5.92. The summed E-state index contributed by atoms with van der Waals surface area (Å²) >= 11 is 5.92. The van der Waals surface area contributed by atoms with Crippen molar-refractivity contribution >= 4 is 23.0 Å². The summed E-state index contributed by atoms with van der Waals surface area (Å²) in [5, 5.41) is 4.32. The van der Waals surface area contributed by atoms with Crippen molar-refractivity contribution in [1.82, 2.24) is 14.9 Å². The van der Waals surface area contributed by atoms with E-state index in [9.17, 15) is 0 Å². The molecule has 2 aromatic carbocycles. The molecule has 2 aromatic heterocycles. The molecule has 2 atom stereocenters. The van der Waals surface area contributed by atoms with Gasteiger partial charge in [0.15, 0.2) is 5.11 Å². The molecule has 1 aliphatic rings. The van der Waals surface area contributed by atoms with Crippen molar-refractivity contribution in [3.63, 3.8) is 0 Å². The van der Waals surface area contributed by atoms with E-state index < -0.39 is 0 Å². The van der Waals surface area contributed by atoms with Crippen LogP contribution in [0.3, 0.4) is 0 Å². The summed E-state index contributed by atoms with van der Waals surface area (Å²) in [5.74, 6) is 0. The van der Waals surface area contributed by atoms with Crippen LogP contribution >= 0.6 is 12.2 Å². The topological polar surface area (TPSA) is 33.1 Å². The lowest BCUT2D eigenvalue weighted by Gasteiger charge is -2.28. The minimum Gasteiger partial charge on any atom is -0.351 e. The zero-order chi connectivity index (χ0) is 24.0. The second kappa shape index (κ2) is 8.73. The van der Waals surface area contributed by atoms with Crippen LogP contribution in [0.25, 0.3) is 5.69 Å². The number of benzene rings is 2. The van der Waals surface area contributed by atoms with Crippen molar-refractivity contribution in [3.05, 3.63) is 112 Å². The molecule has 0 aliphatic carbocycles. The minimum atomic E-state index is -0.0534. The third-order valence-corrected chi connectivity index (χ3v) is 7.26. The summed E-state index contributed by atoms with van der Waals surface area (Å²) in [7, 11) is 0. The molecule has 3 heterocycles. The zero-order valence-corrected chi connectivity index (χ0v) is 21.1. The Labute approximate surface area is 207 Å². The Hall–Kier alpha value is -3.44. The molecule has 1 N–H and O–H groups in total. The first-order chi connectivity index (χ1) is 16.3. The van der Waals surface area contributed by atoms with E-state index in [1.807, 2.05) is 18.3 Å². The van der Waals surface area contributed by atoms with Gasteiger partial charge in [0.25, 0.3) is 0 Å². The van der Waals surface area contributed by atoms with Gasteiger partial charge in [-0.05, 0) is 106 Å². The van der Waals surface area contributed by atoms with Crippen LogP contribution in [0.15, 0.2) is 72.9 Å². The number of aromatic nitrogens is 2. The summed E-state index contributed by atoms with van der Waals surface area (Å²) in [5.41, 5.74) is 10.7. The first-order valence-electron chi connectivity index (χ1n) is 11.7. The number of nitrogens with zero attached hydrogens (tertiary/aromatic N) is 3. The number of hydrogen-bond donors (Lipinski definition) is 1. The van der Waals surface area contributed by atoms with Crippen LogP contribution < -0.4 is 10.2 Å². The normalized spacial score (nSPS) is 17.8. The highest BCUT2D eigenvalue weighted by molar-refractivity contribution is 7.80. The maximum atomic E-state index is 5.92. The van der Waals surface area contributed by atoms with E-state index in [0.717, 1.165) is 16.5 Å². The van der Waals surface area contributed by atoms with Crippen molar-refractivity contribution in [2.45, 2.75) is 46.7 Å². The van der Waals surface area contributed by atoms with Gasteiger partial charge in [-0.3, -0.25) is 4.98 Å². The molecule has 1 aliphatic heterocycles. The molecule has 4 nitrogen and oxygen atoms in total. The quantitative estimate of drug-likeness (QED) is 0.344. The lowest BCUT2D eigenvalue weighted by molar-refractivity contribution is 0.565. The van der Waals surface area contributed by atoms with Crippen LogP contribution in [0.5, 0.6) is 0 Å². The molecule has 0 radical (unpaired) electrons. The van der Waals surface area contributed by atoms with Gasteiger partial charge in [0.05, 0.1) is 17.8 Å². The average Bonchev–Trinajstić information content (AvgIpc) is 3.32. The Bertz CT molecular complexity index is 1360. The first kappa shape index (κ1) is 22.4. The Morgan fingerprint density at radius 3 is 2.24 bits per heavy atom. The predicted molar refractivity (Wildman–Crippen MR) is 144 cm³/mol. The highest BCUT2D eigenvalue weighted by Crippen LogP contribution is 2.44. The van der Waals surface area contributed by atoms with E-state index in [0.29, 0.717) is 0 Å². The molecule has 0 bridgehead atoms. The van der Waals surface area contributed by atoms with Crippen molar-refractivity contribution < 1.29 is 0 Å². The Kier molecular flexibility index (Phi) is 5.74. The van der Waals surface area contributed by atoms with Crippen molar-refractivity contribution in [1.29, 1.82) is 0 Å². The molecule has 172 valence electrons. The monoisotopic (exact) mass is 466 g/mol. The number of rotatable bonds is 4. The summed E-state index contributed by atoms with van der Waals surface area (Å²) in [6.45, 7) is 10.8. The van der Waals surface area contributed by atoms with Crippen LogP contribution in [0, 0.1) is 34.6 Å². The summed E-state index contributed by atoms with van der Waals surface area (Å²) in [4.78, 5) is 6.97. The van der Waals surface area contributed by atoms with E-state index in [-0.39, 0.29) is 12.1 Å². The molecule has 1 fully saturated rings. The molecular formula is C29H30N4S. The lowest BCUT2D eigenvalue weighted by Crippen LogP contribution is -2.29. The SMILES string of the molecule is Cc1ccc(-n2c(C)cc([C@H]3[C@@H](c4ccccn4)NC(=S)N3c3ccc(C)c(C)c3)c2C)cc1. The Balaban J connectivity index is 1.68. The maximum Gasteiger partial charge on any atom is 0.174 e. The van der Waals surface area contributed by atoms with E-state index in [4.69, 9.17) is 17.2 Å². The third-order valence-electron chi connectivity index (χ3n) is 6.95. The van der Waals surface area contributed by atoms with Gasteiger partial charge in [0.1, 0.15) is 0 Å². The Morgan fingerprint density at radius 1 is 0.824 bits per heavy atom. The van der Waals surface area contributed by atoms with Gasteiger partial charge in [-0.15, -0.1) is 0 Å². The molecule has 0 saturated carbocycles. The molecule has 34 heavy (non-hydrogen) atoms. The molecule has 0 spiro atoms. The first-order valence-corrected chi connectivity index (χ1v) is 12.1. The standard InChI is InChI=1S/C29H30N4S/c1-18-9-12-23(13-10-18)32-21(4)17-25(22(32)5)28-27(26-8-6-7-15-30-26)31-29(34)33(28)24-14-11-19(2)20(3)16-24/h6-17,27-28H,1-5H3,(H,31,34)/t27-,28+/m1/s1. The molecule has 1 saturated heterocycles. The van der Waals surface area contributed by atoms with Gasteiger partial charge in [0, 0.05) is 29.0 Å². The van der Waals surface area contributed by atoms with Crippen LogP contribution in [-0.4, -0.2) is 14.7 Å². The third kappa shape index (κ3) is 3.80. The number of pyridine rings is 1. The Morgan fingerprint density at radius 2 is 1.56 bits per heavy atom. The van der Waals surface area contributed by atoms with E-state index in [1.165, 1.54) is 39.3 Å². The second-order valence-electron chi connectivity index (χ2n) is 9.26. The fraction of sp³-hybridized carbons (Fsp3) is 0.241. The number of hydrogen-bond acceptors (Lipinski definition) is 2. The highest BCUT2D eigenvalue weighted by atomic mass is 32.1. The minimum absolute atomic E-state index is 0.0186. The van der Waals surface area contributed by atoms with Crippen LogP contribution in [0.1, 0.15) is 51.4 Å². The van der Waals surface area contributed by atoms with Gasteiger partial charge in [-0.1, -0.05) is 29.8 Å². The van der Waals surface area contributed by atoms with Crippen molar-refractivity contribution in [3.8, 4) is 5.69 Å². The molecule has 0 unspecified atom stereocenters. The van der Waals surface area contributed by atoms with Crippen molar-refractivity contribution in [2.75, 3.05) is 4.90 Å². The van der Waals surface area contributed by atoms with Crippen LogP contribution in [0.4, 0.5) is 5.69 Å². The van der Waals surface area contributed by atoms with Crippen LogP contribution in [0.2, 0.25) is 0 Å². The second-order valence-corrected chi connectivity index (χ2v) is 9.65. The van der Waals surface area contributed by atoms with Crippen LogP contribution in [-0.2, 0) is 0 Å². The van der Waals surface area contributed by atoms with Gasteiger partial charge >= 0.3 is 0 Å². The smallest absolute Gasteiger partial charge is 0.174 e. The van der Waals surface area contributed by atoms with Gasteiger partial charge in [0.2, 0.25) is 0 Å². The molecule has 5 rings (SSSR count).